The number of ether oxygens (including phenoxy) is 1. The Morgan fingerprint density at radius 2 is 1.89 bits per heavy atom. The zero-order valence-electron chi connectivity index (χ0n) is 20.9. The third kappa shape index (κ3) is 6.29. The number of nitrogens with one attached hydrogen (secondary N) is 1. The molecule has 0 radical (unpaired) electrons. The highest BCUT2D eigenvalue weighted by molar-refractivity contribution is 7.85. The number of aryl methyl sites for hydroxylation is 1. The molecule has 4 aromatic rings. The van der Waals surface area contributed by atoms with Crippen LogP contribution in [-0.2, 0) is 22.0 Å². The topological polar surface area (TPSA) is 124 Å². The Kier molecular flexibility index (Phi) is 8.28. The molecule has 0 aliphatic rings. The van der Waals surface area contributed by atoms with Gasteiger partial charge in [0.15, 0.2) is 16.7 Å². The summed E-state index contributed by atoms with van der Waals surface area (Å²) in [7, 11) is -1.08. The minimum atomic E-state index is -1.08. The largest absolute Gasteiger partial charge is 0.435 e. The van der Waals surface area contributed by atoms with Gasteiger partial charge in [-0.05, 0) is 48.9 Å². The number of anilines is 1. The second-order valence-electron chi connectivity index (χ2n) is 8.61. The highest BCUT2D eigenvalue weighted by Crippen LogP contribution is 2.31. The lowest BCUT2D eigenvalue weighted by Gasteiger charge is -2.09. The molecule has 0 bridgehead atoms. The van der Waals surface area contributed by atoms with Crippen molar-refractivity contribution in [2.24, 2.45) is 5.73 Å². The van der Waals surface area contributed by atoms with Crippen molar-refractivity contribution >= 4 is 39.1 Å². The van der Waals surface area contributed by atoms with E-state index in [1.54, 1.807) is 6.07 Å². The van der Waals surface area contributed by atoms with Crippen LogP contribution in [0.5, 0.6) is 11.6 Å². The van der Waals surface area contributed by atoms with Crippen LogP contribution in [0.15, 0.2) is 65.7 Å². The number of nitrogens with two attached hydrogens (primary N) is 1. The molecular weight excluding hydrogens is 527 g/mol. The summed E-state index contributed by atoms with van der Waals surface area (Å²) in [5.74, 6) is -2.09. The third-order valence-corrected chi connectivity index (χ3v) is 7.91. The van der Waals surface area contributed by atoms with Crippen molar-refractivity contribution in [3.8, 4) is 22.9 Å². The highest BCUT2D eigenvalue weighted by Gasteiger charge is 2.16. The van der Waals surface area contributed by atoms with E-state index < -0.39 is 22.5 Å². The van der Waals surface area contributed by atoms with E-state index in [4.69, 9.17) is 10.5 Å². The van der Waals surface area contributed by atoms with Gasteiger partial charge in [0.25, 0.3) is 5.91 Å². The number of aromatic nitrogens is 2. The molecular formula is C27H25FN4O4S2. The zero-order valence-corrected chi connectivity index (χ0v) is 22.5. The van der Waals surface area contributed by atoms with Gasteiger partial charge in [-0.3, -0.25) is 13.8 Å². The highest BCUT2D eigenvalue weighted by atomic mass is 32.2. The summed E-state index contributed by atoms with van der Waals surface area (Å²) in [5.41, 5.74) is 7.33. The second-order valence-corrected chi connectivity index (χ2v) is 11.8. The van der Waals surface area contributed by atoms with E-state index in [0.29, 0.717) is 10.7 Å². The molecule has 4 rings (SSSR count). The lowest BCUT2D eigenvalue weighted by Crippen LogP contribution is -2.14. The van der Waals surface area contributed by atoms with Gasteiger partial charge in [-0.15, -0.1) is 11.3 Å². The number of thiazole rings is 1. The Bertz CT molecular complexity index is 1520. The number of carbonyl (C=O) groups excluding carboxylic acids is 2. The summed E-state index contributed by atoms with van der Waals surface area (Å²) in [6.07, 6.45) is 1.31. The van der Waals surface area contributed by atoms with Crippen molar-refractivity contribution in [2.45, 2.75) is 37.3 Å². The molecule has 1 atom stereocenters. The van der Waals surface area contributed by atoms with E-state index in [9.17, 15) is 18.2 Å². The number of nitrogens with zero attached hydrogens (tertiary/aromatic N) is 2. The number of benzene rings is 2. The predicted octanol–water partition coefficient (Wildman–Crippen LogP) is 5.24. The number of hydrogen-bond acceptors (Lipinski definition) is 7. The van der Waals surface area contributed by atoms with E-state index in [2.05, 4.69) is 15.3 Å². The molecule has 1 unspecified atom stereocenters. The van der Waals surface area contributed by atoms with Gasteiger partial charge in [0.2, 0.25) is 11.8 Å². The van der Waals surface area contributed by atoms with E-state index in [1.165, 1.54) is 41.8 Å². The van der Waals surface area contributed by atoms with Crippen molar-refractivity contribution < 1.29 is 22.9 Å². The van der Waals surface area contributed by atoms with Crippen molar-refractivity contribution in [1.82, 2.24) is 9.97 Å². The number of rotatable bonds is 9. The molecule has 0 aliphatic heterocycles. The predicted molar refractivity (Wildman–Crippen MR) is 145 cm³/mol. The minimum Gasteiger partial charge on any atom is -0.435 e. The smallest absolute Gasteiger partial charge is 0.254 e. The minimum absolute atomic E-state index is 0.0231. The molecule has 2 aromatic carbocycles. The fourth-order valence-electron chi connectivity index (χ4n) is 3.59. The van der Waals surface area contributed by atoms with E-state index in [-0.39, 0.29) is 34.8 Å². The van der Waals surface area contributed by atoms with Crippen LogP contribution in [0.1, 0.15) is 34.6 Å². The number of pyridine rings is 1. The van der Waals surface area contributed by atoms with Crippen LogP contribution >= 0.6 is 11.3 Å². The van der Waals surface area contributed by atoms with Gasteiger partial charge in [-0.1, -0.05) is 32.0 Å². The molecule has 2 heterocycles. The maximum atomic E-state index is 14.7. The summed E-state index contributed by atoms with van der Waals surface area (Å²) < 4.78 is 32.4. The van der Waals surface area contributed by atoms with Crippen LogP contribution in [0.3, 0.4) is 0 Å². The average molecular weight is 553 g/mol. The van der Waals surface area contributed by atoms with E-state index >= 15 is 0 Å². The van der Waals surface area contributed by atoms with Crippen LogP contribution in [0.4, 0.5) is 9.52 Å². The van der Waals surface area contributed by atoms with Gasteiger partial charge in [0.1, 0.15) is 5.56 Å². The Morgan fingerprint density at radius 3 is 2.55 bits per heavy atom. The molecule has 0 saturated heterocycles. The molecule has 0 fully saturated rings. The molecule has 11 heteroatoms. The first-order valence-electron chi connectivity index (χ1n) is 11.6. The molecule has 8 nitrogen and oxygen atoms in total. The van der Waals surface area contributed by atoms with Gasteiger partial charge in [0, 0.05) is 26.8 Å². The fraction of sp³-hybridized carbons (Fsp3) is 0.185. The monoisotopic (exact) mass is 552 g/mol. The van der Waals surface area contributed by atoms with Crippen molar-refractivity contribution in [3.63, 3.8) is 0 Å². The average Bonchev–Trinajstić information content (AvgIpc) is 3.24. The Labute approximate surface area is 225 Å². The van der Waals surface area contributed by atoms with Crippen LogP contribution in [0.25, 0.3) is 11.3 Å². The zero-order chi connectivity index (χ0) is 27.4. The second kappa shape index (κ2) is 11.6. The lowest BCUT2D eigenvalue weighted by molar-refractivity contribution is -0.115. The van der Waals surface area contributed by atoms with Gasteiger partial charge in [-0.2, -0.15) is 0 Å². The molecule has 3 N–H and O–H groups in total. The first kappa shape index (κ1) is 27.1. The Hall–Kier alpha value is -3.96. The molecule has 0 spiro atoms. The summed E-state index contributed by atoms with van der Waals surface area (Å²) >= 11 is 1.33. The number of halogens is 1. The Balaban J connectivity index is 1.42. The fourth-order valence-corrected chi connectivity index (χ4v) is 5.39. The van der Waals surface area contributed by atoms with Gasteiger partial charge >= 0.3 is 0 Å². The summed E-state index contributed by atoms with van der Waals surface area (Å²) in [6, 6.07) is 14.4. The SMILES string of the molecule is Cc1sc(NC(=O)Cc2ccc(Oc3ncccc3C(N)=O)c(F)c2)nc1-c1ccc(S(=O)C(C)C)cc1. The van der Waals surface area contributed by atoms with Crippen LogP contribution in [0.2, 0.25) is 0 Å². The van der Waals surface area contributed by atoms with Gasteiger partial charge in [0.05, 0.1) is 22.9 Å². The van der Waals surface area contributed by atoms with Gasteiger partial charge in [-0.25, -0.2) is 14.4 Å². The first-order chi connectivity index (χ1) is 18.1. The third-order valence-electron chi connectivity index (χ3n) is 5.44. The normalized spacial score (nSPS) is 11.8. The summed E-state index contributed by atoms with van der Waals surface area (Å²) in [4.78, 5) is 34.3. The number of hydrogen-bond donors (Lipinski definition) is 2. The lowest BCUT2D eigenvalue weighted by atomic mass is 10.1. The van der Waals surface area contributed by atoms with Gasteiger partial charge < -0.3 is 15.8 Å². The number of carbonyl (C=O) groups is 2. The van der Waals surface area contributed by atoms with E-state index in [0.717, 1.165) is 21.0 Å². The van der Waals surface area contributed by atoms with Crippen LogP contribution < -0.4 is 15.8 Å². The number of primary amides is 1. The molecule has 2 aromatic heterocycles. The molecule has 0 aliphatic carbocycles. The van der Waals surface area contributed by atoms with Crippen molar-refractivity contribution in [1.29, 1.82) is 0 Å². The molecule has 38 heavy (non-hydrogen) atoms. The quantitative estimate of drug-likeness (QED) is 0.293. The Morgan fingerprint density at radius 1 is 1.16 bits per heavy atom. The summed E-state index contributed by atoms with van der Waals surface area (Å²) in [5, 5.41) is 3.21. The van der Waals surface area contributed by atoms with Crippen LogP contribution in [0, 0.1) is 12.7 Å². The van der Waals surface area contributed by atoms with Crippen LogP contribution in [-0.4, -0.2) is 31.2 Å². The number of amides is 2. The molecule has 196 valence electrons. The summed E-state index contributed by atoms with van der Waals surface area (Å²) in [6.45, 7) is 5.72. The maximum absolute atomic E-state index is 14.7. The standard InChI is InChI=1S/C27H25FN4O4S2/c1-15(2)38(35)19-9-7-18(8-10-19)24-16(3)37-27(32-24)31-23(33)14-17-6-11-22(21(28)13-17)36-26-20(25(29)34)5-4-12-30-26/h4-13,15H,14H2,1-3H3,(H2,29,34)(H,31,32,33). The molecule has 0 saturated carbocycles. The molecule has 2 amide bonds. The first-order valence-corrected chi connectivity index (χ1v) is 13.6. The maximum Gasteiger partial charge on any atom is 0.254 e. The van der Waals surface area contributed by atoms with Crippen molar-refractivity contribution in [2.75, 3.05) is 5.32 Å². The van der Waals surface area contributed by atoms with E-state index in [1.807, 2.05) is 45.0 Å². The van der Waals surface area contributed by atoms with Crippen molar-refractivity contribution in [3.05, 3.63) is 82.6 Å².